The Bertz CT molecular complexity index is 585. The highest BCUT2D eigenvalue weighted by molar-refractivity contribution is 7.17. The van der Waals surface area contributed by atoms with Crippen LogP contribution >= 0.6 is 11.3 Å². The molecule has 2 aromatic rings. The Morgan fingerprint density at radius 1 is 1.21 bits per heavy atom. The first-order chi connectivity index (χ1) is 9.34. The fourth-order valence-electron chi connectivity index (χ4n) is 2.74. The minimum absolute atomic E-state index is 0.0251. The molecule has 1 unspecified atom stereocenters. The first-order valence-electron chi connectivity index (χ1n) is 7.12. The second-order valence-electron chi connectivity index (χ2n) is 5.28. The summed E-state index contributed by atoms with van der Waals surface area (Å²) in [5, 5.41) is 2.09. The summed E-state index contributed by atoms with van der Waals surface area (Å²) in [6.45, 7) is 0. The Hall–Kier alpha value is -1.19. The molecule has 2 heterocycles. The van der Waals surface area contributed by atoms with Gasteiger partial charge < -0.3 is 5.73 Å². The highest BCUT2D eigenvalue weighted by atomic mass is 32.1. The van der Waals surface area contributed by atoms with Crippen molar-refractivity contribution in [2.75, 3.05) is 0 Å². The predicted molar refractivity (Wildman–Crippen MR) is 82.3 cm³/mol. The molecule has 1 atom stereocenters. The summed E-state index contributed by atoms with van der Waals surface area (Å²) < 4.78 is 1.24. The molecule has 1 aliphatic rings. The van der Waals surface area contributed by atoms with Crippen molar-refractivity contribution in [2.45, 2.75) is 44.6 Å². The minimum atomic E-state index is 0.0251. The SMILES string of the molecule is NC(/C1=C/CCCCCC1)c1cnc2ccsc2c1. The molecule has 3 rings (SSSR count). The van der Waals surface area contributed by atoms with E-state index in [1.807, 2.05) is 6.20 Å². The summed E-state index contributed by atoms with van der Waals surface area (Å²) in [6.07, 6.45) is 11.9. The van der Waals surface area contributed by atoms with Crippen molar-refractivity contribution in [1.82, 2.24) is 4.98 Å². The maximum Gasteiger partial charge on any atom is 0.0809 e. The smallest absolute Gasteiger partial charge is 0.0809 e. The maximum atomic E-state index is 6.45. The third-order valence-corrected chi connectivity index (χ3v) is 4.76. The van der Waals surface area contributed by atoms with Crippen LogP contribution in [0.15, 0.2) is 35.4 Å². The molecule has 0 aliphatic heterocycles. The van der Waals surface area contributed by atoms with E-state index >= 15 is 0 Å². The molecule has 0 bridgehead atoms. The van der Waals surface area contributed by atoms with Gasteiger partial charge in [-0.2, -0.15) is 0 Å². The third-order valence-electron chi connectivity index (χ3n) is 3.91. The van der Waals surface area contributed by atoms with Crippen molar-refractivity contribution < 1.29 is 0 Å². The number of pyridine rings is 1. The van der Waals surface area contributed by atoms with Gasteiger partial charge >= 0.3 is 0 Å². The van der Waals surface area contributed by atoms with E-state index in [0.29, 0.717) is 0 Å². The number of nitrogens with zero attached hydrogens (tertiary/aromatic N) is 1. The maximum absolute atomic E-state index is 6.45. The van der Waals surface area contributed by atoms with Gasteiger partial charge in [-0.3, -0.25) is 4.98 Å². The molecule has 3 heteroatoms. The lowest BCUT2D eigenvalue weighted by atomic mass is 9.92. The van der Waals surface area contributed by atoms with E-state index in [1.165, 1.54) is 42.4 Å². The van der Waals surface area contributed by atoms with Crippen molar-refractivity contribution in [2.24, 2.45) is 5.73 Å². The molecule has 0 saturated carbocycles. The van der Waals surface area contributed by atoms with Crippen LogP contribution in [0.3, 0.4) is 0 Å². The van der Waals surface area contributed by atoms with Crippen LogP contribution in [0.25, 0.3) is 10.2 Å². The molecule has 2 N–H and O–H groups in total. The first kappa shape index (κ1) is 12.8. The number of rotatable bonds is 2. The zero-order valence-corrected chi connectivity index (χ0v) is 12.0. The van der Waals surface area contributed by atoms with Gasteiger partial charge in [0.2, 0.25) is 0 Å². The van der Waals surface area contributed by atoms with Gasteiger partial charge in [-0.05, 0) is 48.8 Å². The van der Waals surface area contributed by atoms with Crippen LogP contribution in [0, 0.1) is 0 Å². The second kappa shape index (κ2) is 5.85. The fraction of sp³-hybridized carbons (Fsp3) is 0.438. The van der Waals surface area contributed by atoms with Crippen LogP contribution < -0.4 is 5.73 Å². The lowest BCUT2D eigenvalue weighted by Gasteiger charge is -2.18. The summed E-state index contributed by atoms with van der Waals surface area (Å²) in [5.74, 6) is 0. The molecule has 0 amide bonds. The Morgan fingerprint density at radius 3 is 3.05 bits per heavy atom. The molecule has 0 aromatic carbocycles. The molecule has 2 aromatic heterocycles. The van der Waals surface area contributed by atoms with Gasteiger partial charge in [-0.25, -0.2) is 0 Å². The number of hydrogen-bond donors (Lipinski definition) is 1. The van der Waals surface area contributed by atoms with Gasteiger partial charge in [0.25, 0.3) is 0 Å². The number of allylic oxidation sites excluding steroid dienone is 1. The summed E-state index contributed by atoms with van der Waals surface area (Å²) in [5.41, 5.74) is 10.1. The Morgan fingerprint density at radius 2 is 2.11 bits per heavy atom. The van der Waals surface area contributed by atoms with Gasteiger partial charge in [0.05, 0.1) is 16.3 Å². The summed E-state index contributed by atoms with van der Waals surface area (Å²) >= 11 is 1.74. The Kier molecular flexibility index (Phi) is 3.95. The number of hydrogen-bond acceptors (Lipinski definition) is 3. The van der Waals surface area contributed by atoms with Crippen molar-refractivity contribution in [3.05, 3.63) is 40.9 Å². The van der Waals surface area contributed by atoms with E-state index in [2.05, 4.69) is 28.6 Å². The van der Waals surface area contributed by atoms with Gasteiger partial charge in [-0.1, -0.05) is 24.5 Å². The lowest BCUT2D eigenvalue weighted by molar-refractivity contribution is 0.602. The Balaban J connectivity index is 1.86. The van der Waals surface area contributed by atoms with Crippen LogP contribution in [-0.2, 0) is 0 Å². The van der Waals surface area contributed by atoms with Gasteiger partial charge in [0.1, 0.15) is 0 Å². The molecule has 0 saturated heterocycles. The van der Waals surface area contributed by atoms with E-state index in [4.69, 9.17) is 5.73 Å². The molecule has 2 nitrogen and oxygen atoms in total. The van der Waals surface area contributed by atoms with Crippen molar-refractivity contribution in [3.8, 4) is 0 Å². The third kappa shape index (κ3) is 2.88. The molecule has 19 heavy (non-hydrogen) atoms. The van der Waals surface area contributed by atoms with Gasteiger partial charge in [0, 0.05) is 6.20 Å². The van der Waals surface area contributed by atoms with E-state index in [-0.39, 0.29) is 6.04 Å². The van der Waals surface area contributed by atoms with Crippen molar-refractivity contribution >= 4 is 21.6 Å². The average molecular weight is 272 g/mol. The summed E-state index contributed by atoms with van der Waals surface area (Å²) in [4.78, 5) is 4.50. The molecule has 0 spiro atoms. The van der Waals surface area contributed by atoms with E-state index in [0.717, 1.165) is 17.5 Å². The molecule has 0 fully saturated rings. The number of nitrogens with two attached hydrogens (primary N) is 1. The van der Waals surface area contributed by atoms with E-state index in [1.54, 1.807) is 11.3 Å². The van der Waals surface area contributed by atoms with Crippen molar-refractivity contribution in [1.29, 1.82) is 0 Å². The average Bonchev–Trinajstić information content (AvgIpc) is 2.84. The normalized spacial score (nSPS) is 21.4. The van der Waals surface area contributed by atoms with Crippen LogP contribution in [-0.4, -0.2) is 4.98 Å². The van der Waals surface area contributed by atoms with Crippen LogP contribution in [0.5, 0.6) is 0 Å². The summed E-state index contributed by atoms with van der Waals surface area (Å²) in [6, 6.07) is 4.29. The topological polar surface area (TPSA) is 38.9 Å². The fourth-order valence-corrected chi connectivity index (χ4v) is 3.53. The number of fused-ring (bicyclic) bond motifs is 1. The highest BCUT2D eigenvalue weighted by Gasteiger charge is 2.14. The van der Waals surface area contributed by atoms with E-state index in [9.17, 15) is 0 Å². The molecule has 1 aliphatic carbocycles. The molecular formula is C16H20N2S. The van der Waals surface area contributed by atoms with Crippen LogP contribution in [0.2, 0.25) is 0 Å². The quantitative estimate of drug-likeness (QED) is 0.813. The monoisotopic (exact) mass is 272 g/mol. The summed E-state index contributed by atoms with van der Waals surface area (Å²) in [7, 11) is 0. The van der Waals surface area contributed by atoms with Crippen LogP contribution in [0.1, 0.15) is 50.1 Å². The standard InChI is InChI=1S/C16H20N2S/c17-16(12-6-4-2-1-3-5-7-12)13-10-15-14(18-11-13)8-9-19-15/h6,8-11,16H,1-5,7,17H2/b12-6+. The molecule has 0 radical (unpaired) electrons. The Labute approximate surface area is 118 Å². The second-order valence-corrected chi connectivity index (χ2v) is 6.23. The van der Waals surface area contributed by atoms with Crippen molar-refractivity contribution in [3.63, 3.8) is 0 Å². The largest absolute Gasteiger partial charge is 0.320 e. The van der Waals surface area contributed by atoms with E-state index < -0.39 is 0 Å². The zero-order chi connectivity index (χ0) is 13.1. The molecular weight excluding hydrogens is 252 g/mol. The number of aromatic nitrogens is 1. The zero-order valence-electron chi connectivity index (χ0n) is 11.1. The first-order valence-corrected chi connectivity index (χ1v) is 8.00. The minimum Gasteiger partial charge on any atom is -0.320 e. The predicted octanol–water partition coefficient (Wildman–Crippen LogP) is 4.58. The lowest BCUT2D eigenvalue weighted by Crippen LogP contribution is -2.14. The van der Waals surface area contributed by atoms with Gasteiger partial charge in [0.15, 0.2) is 0 Å². The highest BCUT2D eigenvalue weighted by Crippen LogP contribution is 2.29. The number of thiophene rings is 1. The molecule has 100 valence electrons. The van der Waals surface area contributed by atoms with Gasteiger partial charge in [-0.15, -0.1) is 11.3 Å². The van der Waals surface area contributed by atoms with Crippen LogP contribution in [0.4, 0.5) is 0 Å².